The van der Waals surface area contributed by atoms with Crippen molar-refractivity contribution in [3.05, 3.63) is 42.5 Å². The number of carbonyl (C=O) groups is 1. The number of nitrogens with one attached hydrogen (secondary N) is 1. The van der Waals surface area contributed by atoms with Gasteiger partial charge in [0.2, 0.25) is 0 Å². The van der Waals surface area contributed by atoms with Crippen molar-refractivity contribution < 1.29 is 19.4 Å². The van der Waals surface area contributed by atoms with E-state index in [-0.39, 0.29) is 18.7 Å². The van der Waals surface area contributed by atoms with E-state index in [4.69, 9.17) is 14.6 Å². The standard InChI is InChI=1S/C18H22N2O4/c21-13-15-12-20(9-11-23-15)18(22)19-8-10-24-17-7-3-5-14-4-1-2-6-16(14)17/h1-7,15,21H,8-13H2,(H,19,22). The highest BCUT2D eigenvalue weighted by Gasteiger charge is 2.23. The number of carbonyl (C=O) groups excluding carboxylic acids is 1. The third kappa shape index (κ3) is 3.96. The monoisotopic (exact) mass is 330 g/mol. The van der Waals surface area contributed by atoms with Crippen LogP contribution in [0.2, 0.25) is 0 Å². The van der Waals surface area contributed by atoms with Crippen molar-refractivity contribution in [2.45, 2.75) is 6.10 Å². The van der Waals surface area contributed by atoms with Gasteiger partial charge in [-0.3, -0.25) is 0 Å². The molecule has 1 fully saturated rings. The van der Waals surface area contributed by atoms with E-state index in [1.807, 2.05) is 42.5 Å². The maximum atomic E-state index is 12.1. The molecule has 1 aliphatic rings. The Morgan fingerprint density at radius 2 is 2.12 bits per heavy atom. The van der Waals surface area contributed by atoms with Crippen molar-refractivity contribution >= 4 is 16.8 Å². The van der Waals surface area contributed by atoms with Crippen molar-refractivity contribution in [3.63, 3.8) is 0 Å². The molecular weight excluding hydrogens is 308 g/mol. The Hall–Kier alpha value is -2.31. The third-order valence-corrected chi connectivity index (χ3v) is 4.02. The van der Waals surface area contributed by atoms with Crippen LogP contribution in [0.1, 0.15) is 0 Å². The van der Waals surface area contributed by atoms with E-state index in [0.29, 0.717) is 32.8 Å². The van der Waals surface area contributed by atoms with Crippen molar-refractivity contribution in [3.8, 4) is 5.75 Å². The molecule has 2 aromatic rings. The number of benzene rings is 2. The molecular formula is C18H22N2O4. The highest BCUT2D eigenvalue weighted by Crippen LogP contribution is 2.24. The second kappa shape index (κ2) is 7.99. The van der Waals surface area contributed by atoms with Gasteiger partial charge in [0.15, 0.2) is 0 Å². The molecule has 0 spiro atoms. The smallest absolute Gasteiger partial charge is 0.317 e. The Morgan fingerprint density at radius 1 is 1.29 bits per heavy atom. The van der Waals surface area contributed by atoms with Gasteiger partial charge < -0.3 is 24.8 Å². The molecule has 1 saturated heterocycles. The minimum Gasteiger partial charge on any atom is -0.491 e. The summed E-state index contributed by atoms with van der Waals surface area (Å²) >= 11 is 0. The highest BCUT2D eigenvalue weighted by molar-refractivity contribution is 5.88. The number of fused-ring (bicyclic) bond motifs is 1. The summed E-state index contributed by atoms with van der Waals surface area (Å²) in [5.41, 5.74) is 0. The van der Waals surface area contributed by atoms with Crippen LogP contribution in [0.5, 0.6) is 5.75 Å². The number of urea groups is 1. The van der Waals surface area contributed by atoms with Gasteiger partial charge in [0.1, 0.15) is 12.4 Å². The van der Waals surface area contributed by atoms with Gasteiger partial charge in [-0.05, 0) is 11.5 Å². The fourth-order valence-electron chi connectivity index (χ4n) is 2.77. The van der Waals surface area contributed by atoms with Crippen LogP contribution in [0.3, 0.4) is 0 Å². The maximum absolute atomic E-state index is 12.1. The lowest BCUT2D eigenvalue weighted by atomic mass is 10.1. The minimum absolute atomic E-state index is 0.0754. The summed E-state index contributed by atoms with van der Waals surface area (Å²) in [6.45, 7) is 2.13. The first-order valence-corrected chi connectivity index (χ1v) is 8.14. The second-order valence-electron chi connectivity index (χ2n) is 5.68. The minimum atomic E-state index is -0.295. The van der Waals surface area contributed by atoms with Gasteiger partial charge in [0.05, 0.1) is 32.4 Å². The van der Waals surface area contributed by atoms with Gasteiger partial charge >= 0.3 is 6.03 Å². The first-order chi connectivity index (χ1) is 11.8. The number of aliphatic hydroxyl groups is 1. The Morgan fingerprint density at radius 3 is 3.00 bits per heavy atom. The molecule has 1 unspecified atom stereocenters. The SMILES string of the molecule is O=C(NCCOc1cccc2ccccc12)N1CCOC(CO)C1. The molecule has 1 atom stereocenters. The van der Waals surface area contributed by atoms with Gasteiger partial charge in [-0.15, -0.1) is 0 Å². The molecule has 6 heteroatoms. The summed E-state index contributed by atoms with van der Waals surface area (Å²) in [6, 6.07) is 13.8. The van der Waals surface area contributed by atoms with Crippen molar-refractivity contribution in [1.82, 2.24) is 10.2 Å². The predicted octanol–water partition coefficient (Wildman–Crippen LogP) is 1.62. The fraction of sp³-hybridized carbons (Fsp3) is 0.389. The van der Waals surface area contributed by atoms with Crippen molar-refractivity contribution in [1.29, 1.82) is 0 Å². The lowest BCUT2D eigenvalue weighted by Gasteiger charge is -2.32. The van der Waals surface area contributed by atoms with Crippen molar-refractivity contribution in [2.24, 2.45) is 0 Å². The lowest BCUT2D eigenvalue weighted by Crippen LogP contribution is -2.51. The predicted molar refractivity (Wildman–Crippen MR) is 91.2 cm³/mol. The van der Waals surface area contributed by atoms with Crippen LogP contribution in [0, 0.1) is 0 Å². The van der Waals surface area contributed by atoms with Gasteiger partial charge in [0.25, 0.3) is 0 Å². The molecule has 0 bridgehead atoms. The molecule has 3 rings (SSSR count). The molecule has 0 radical (unpaired) electrons. The van der Waals surface area contributed by atoms with E-state index in [9.17, 15) is 4.79 Å². The number of ether oxygens (including phenoxy) is 2. The number of rotatable bonds is 5. The topological polar surface area (TPSA) is 71.0 Å². The zero-order chi connectivity index (χ0) is 16.8. The molecule has 2 amide bonds. The average molecular weight is 330 g/mol. The van der Waals surface area contributed by atoms with Crippen LogP contribution in [0.25, 0.3) is 10.8 Å². The molecule has 1 heterocycles. The third-order valence-electron chi connectivity index (χ3n) is 4.02. The zero-order valence-corrected chi connectivity index (χ0v) is 13.5. The van der Waals surface area contributed by atoms with Crippen LogP contribution in [0.15, 0.2) is 42.5 Å². The Kier molecular flexibility index (Phi) is 5.51. The quantitative estimate of drug-likeness (QED) is 0.818. The van der Waals surface area contributed by atoms with Crippen LogP contribution >= 0.6 is 0 Å². The summed E-state index contributed by atoms with van der Waals surface area (Å²) in [5, 5.41) is 14.1. The first kappa shape index (κ1) is 16.5. The molecule has 2 N–H and O–H groups in total. The highest BCUT2D eigenvalue weighted by atomic mass is 16.5. The van der Waals surface area contributed by atoms with Gasteiger partial charge in [-0.25, -0.2) is 4.79 Å². The van der Waals surface area contributed by atoms with E-state index in [2.05, 4.69) is 5.32 Å². The molecule has 1 aliphatic heterocycles. The van der Waals surface area contributed by atoms with E-state index in [1.54, 1.807) is 4.90 Å². The molecule has 0 aromatic heterocycles. The number of morpholine rings is 1. The molecule has 128 valence electrons. The summed E-state index contributed by atoms with van der Waals surface area (Å²) in [5.74, 6) is 0.814. The van der Waals surface area contributed by atoms with Crippen LogP contribution in [-0.4, -0.2) is 61.6 Å². The molecule has 6 nitrogen and oxygen atoms in total. The van der Waals surface area contributed by atoms with E-state index in [0.717, 1.165) is 16.5 Å². The largest absolute Gasteiger partial charge is 0.491 e. The Labute approximate surface area is 141 Å². The first-order valence-electron chi connectivity index (χ1n) is 8.14. The molecule has 24 heavy (non-hydrogen) atoms. The van der Waals surface area contributed by atoms with Gasteiger partial charge in [-0.2, -0.15) is 0 Å². The molecule has 0 saturated carbocycles. The van der Waals surface area contributed by atoms with Crippen LogP contribution < -0.4 is 10.1 Å². The van der Waals surface area contributed by atoms with E-state index >= 15 is 0 Å². The Bertz CT molecular complexity index is 686. The summed E-state index contributed by atoms with van der Waals surface area (Å²) in [6.07, 6.45) is -0.295. The maximum Gasteiger partial charge on any atom is 0.317 e. The zero-order valence-electron chi connectivity index (χ0n) is 13.5. The average Bonchev–Trinajstić information content (AvgIpc) is 2.65. The molecule has 2 aromatic carbocycles. The number of aliphatic hydroxyl groups excluding tert-OH is 1. The van der Waals surface area contributed by atoms with E-state index in [1.165, 1.54) is 0 Å². The lowest BCUT2D eigenvalue weighted by molar-refractivity contribution is -0.0403. The summed E-state index contributed by atoms with van der Waals surface area (Å²) in [7, 11) is 0. The van der Waals surface area contributed by atoms with Crippen LogP contribution in [-0.2, 0) is 4.74 Å². The number of nitrogens with zero attached hydrogens (tertiary/aromatic N) is 1. The van der Waals surface area contributed by atoms with E-state index < -0.39 is 0 Å². The summed E-state index contributed by atoms with van der Waals surface area (Å²) in [4.78, 5) is 13.8. The fourth-order valence-corrected chi connectivity index (χ4v) is 2.77. The van der Waals surface area contributed by atoms with Crippen LogP contribution in [0.4, 0.5) is 4.79 Å². The van der Waals surface area contributed by atoms with Gasteiger partial charge in [-0.1, -0.05) is 36.4 Å². The number of hydrogen-bond donors (Lipinski definition) is 2. The number of hydrogen-bond acceptors (Lipinski definition) is 4. The summed E-state index contributed by atoms with van der Waals surface area (Å²) < 4.78 is 11.1. The number of amides is 2. The molecule has 0 aliphatic carbocycles. The van der Waals surface area contributed by atoms with Gasteiger partial charge in [0, 0.05) is 11.9 Å². The second-order valence-corrected chi connectivity index (χ2v) is 5.68. The normalized spacial score (nSPS) is 17.7. The Balaban J connectivity index is 1.47. The van der Waals surface area contributed by atoms with Crippen molar-refractivity contribution in [2.75, 3.05) is 39.5 Å².